The Bertz CT molecular complexity index is 387. The van der Waals surface area contributed by atoms with Crippen LogP contribution < -0.4 is 10.1 Å². The fourth-order valence-electron chi connectivity index (χ4n) is 1.65. The summed E-state index contributed by atoms with van der Waals surface area (Å²) in [6.45, 7) is 0.00816. The van der Waals surface area contributed by atoms with Gasteiger partial charge in [-0.25, -0.2) is 0 Å². The minimum Gasteiger partial charge on any atom is -0.484 e. The molecule has 0 spiro atoms. The quantitative estimate of drug-likeness (QED) is 0.885. The van der Waals surface area contributed by atoms with E-state index in [1.54, 1.807) is 12.1 Å². The van der Waals surface area contributed by atoms with Crippen molar-refractivity contribution in [3.05, 3.63) is 28.7 Å². The highest BCUT2D eigenvalue weighted by atomic mass is 79.9. The van der Waals surface area contributed by atoms with Crippen molar-refractivity contribution < 1.29 is 14.6 Å². The summed E-state index contributed by atoms with van der Waals surface area (Å²) in [6, 6.07) is 7.41. The highest BCUT2D eigenvalue weighted by Gasteiger charge is 2.28. The summed E-state index contributed by atoms with van der Waals surface area (Å²) in [7, 11) is 0. The first kappa shape index (κ1) is 12.4. The molecule has 1 saturated carbocycles. The number of aliphatic hydroxyl groups is 1. The molecule has 4 nitrogen and oxygen atoms in total. The fraction of sp³-hybridized carbons (Fsp3) is 0.417. The summed E-state index contributed by atoms with van der Waals surface area (Å²) in [4.78, 5) is 11.5. The van der Waals surface area contributed by atoms with Crippen LogP contribution in [0.15, 0.2) is 28.7 Å². The first-order valence-electron chi connectivity index (χ1n) is 5.49. The largest absolute Gasteiger partial charge is 0.484 e. The second kappa shape index (κ2) is 5.51. The van der Waals surface area contributed by atoms with Crippen LogP contribution in [0.5, 0.6) is 5.75 Å². The lowest BCUT2D eigenvalue weighted by Crippen LogP contribution is -2.48. The summed E-state index contributed by atoms with van der Waals surface area (Å²) < 4.78 is 6.29. The normalized spacial score (nSPS) is 22.7. The van der Waals surface area contributed by atoms with Crippen LogP contribution in [-0.4, -0.2) is 29.8 Å². The lowest BCUT2D eigenvalue weighted by Gasteiger charge is -2.31. The van der Waals surface area contributed by atoms with Crippen LogP contribution >= 0.6 is 15.9 Å². The number of aliphatic hydroxyl groups excluding tert-OH is 1. The van der Waals surface area contributed by atoms with Crippen molar-refractivity contribution in [3.8, 4) is 5.75 Å². The first-order chi connectivity index (χ1) is 8.13. The van der Waals surface area contributed by atoms with E-state index in [9.17, 15) is 4.79 Å². The Labute approximate surface area is 108 Å². The van der Waals surface area contributed by atoms with Crippen molar-refractivity contribution in [2.24, 2.45) is 0 Å². The number of ether oxygens (including phenoxy) is 1. The summed E-state index contributed by atoms with van der Waals surface area (Å²) >= 11 is 3.32. The predicted molar refractivity (Wildman–Crippen MR) is 66.8 cm³/mol. The third-order valence-corrected chi connectivity index (χ3v) is 3.19. The minimum absolute atomic E-state index is 0.00816. The number of benzene rings is 1. The lowest BCUT2D eigenvalue weighted by atomic mass is 9.89. The molecule has 0 unspecified atom stereocenters. The number of hydrogen-bond acceptors (Lipinski definition) is 3. The Balaban J connectivity index is 1.70. The van der Waals surface area contributed by atoms with E-state index < -0.39 is 0 Å². The number of nitrogens with one attached hydrogen (secondary N) is 1. The van der Waals surface area contributed by atoms with Gasteiger partial charge in [-0.1, -0.05) is 15.9 Å². The minimum atomic E-state index is -0.257. The average Bonchev–Trinajstić information content (AvgIpc) is 2.26. The Morgan fingerprint density at radius 1 is 1.41 bits per heavy atom. The molecule has 0 atom stereocenters. The molecule has 1 fully saturated rings. The van der Waals surface area contributed by atoms with Crippen LogP contribution in [0.3, 0.4) is 0 Å². The standard InChI is InChI=1S/C12H14BrNO3/c13-8-1-3-11(4-2-8)17-7-12(16)14-9-5-10(15)6-9/h1-4,9-10,15H,5-7H2,(H,14,16). The monoisotopic (exact) mass is 299 g/mol. The van der Waals surface area contributed by atoms with Crippen molar-refractivity contribution >= 4 is 21.8 Å². The maximum atomic E-state index is 11.5. The van der Waals surface area contributed by atoms with Gasteiger partial charge in [-0.2, -0.15) is 0 Å². The summed E-state index contributed by atoms with van der Waals surface area (Å²) in [6.07, 6.45) is 1.03. The van der Waals surface area contributed by atoms with Crippen molar-refractivity contribution in [2.75, 3.05) is 6.61 Å². The average molecular weight is 300 g/mol. The maximum absolute atomic E-state index is 11.5. The molecule has 0 heterocycles. The zero-order valence-electron chi connectivity index (χ0n) is 9.23. The molecule has 0 aliphatic heterocycles. The molecule has 0 aromatic heterocycles. The molecule has 17 heavy (non-hydrogen) atoms. The number of rotatable bonds is 4. The van der Waals surface area contributed by atoms with Crippen molar-refractivity contribution in [1.82, 2.24) is 5.32 Å². The molecule has 1 aromatic carbocycles. The number of halogens is 1. The Kier molecular flexibility index (Phi) is 4.02. The van der Waals surface area contributed by atoms with Crippen LogP contribution in [0.25, 0.3) is 0 Å². The van der Waals surface area contributed by atoms with Crippen molar-refractivity contribution in [3.63, 3.8) is 0 Å². The van der Waals surface area contributed by atoms with Gasteiger partial charge in [-0.3, -0.25) is 4.79 Å². The highest BCUT2D eigenvalue weighted by molar-refractivity contribution is 9.10. The molecule has 1 aliphatic carbocycles. The molecule has 92 valence electrons. The summed E-state index contributed by atoms with van der Waals surface area (Å²) in [5.41, 5.74) is 0. The lowest BCUT2D eigenvalue weighted by molar-refractivity contribution is -0.125. The fourth-order valence-corrected chi connectivity index (χ4v) is 1.92. The molecular weight excluding hydrogens is 286 g/mol. The number of carbonyl (C=O) groups is 1. The van der Waals surface area contributed by atoms with Crippen molar-refractivity contribution in [1.29, 1.82) is 0 Å². The van der Waals surface area contributed by atoms with E-state index in [4.69, 9.17) is 9.84 Å². The van der Waals surface area contributed by atoms with Crippen molar-refractivity contribution in [2.45, 2.75) is 25.0 Å². The second-order valence-corrected chi connectivity index (χ2v) is 5.05. The van der Waals surface area contributed by atoms with E-state index in [0.29, 0.717) is 18.6 Å². The van der Waals surface area contributed by atoms with Gasteiger partial charge in [0.15, 0.2) is 6.61 Å². The molecule has 1 aromatic rings. The Hall–Kier alpha value is -1.07. The first-order valence-corrected chi connectivity index (χ1v) is 6.28. The van der Waals surface area contributed by atoms with E-state index >= 15 is 0 Å². The SMILES string of the molecule is O=C(COc1ccc(Br)cc1)NC1CC(O)C1. The molecule has 5 heteroatoms. The van der Waals surface area contributed by atoms with Gasteiger partial charge in [0.25, 0.3) is 5.91 Å². The third kappa shape index (κ3) is 3.71. The van der Waals surface area contributed by atoms with E-state index in [2.05, 4.69) is 21.2 Å². The van der Waals surface area contributed by atoms with Gasteiger partial charge < -0.3 is 15.2 Å². The molecule has 2 N–H and O–H groups in total. The third-order valence-electron chi connectivity index (χ3n) is 2.66. The summed E-state index contributed by atoms with van der Waals surface area (Å²) in [5, 5.41) is 11.9. The summed E-state index contributed by atoms with van der Waals surface area (Å²) in [5.74, 6) is 0.516. The predicted octanol–water partition coefficient (Wildman–Crippen LogP) is 1.47. The Morgan fingerprint density at radius 3 is 2.65 bits per heavy atom. The van der Waals surface area contributed by atoms with Crippen LogP contribution in [0.1, 0.15) is 12.8 Å². The van der Waals surface area contributed by atoms with Gasteiger partial charge in [0.1, 0.15) is 5.75 Å². The van der Waals surface area contributed by atoms with Crippen LogP contribution in [0.4, 0.5) is 0 Å². The van der Waals surface area contributed by atoms with Crippen LogP contribution in [-0.2, 0) is 4.79 Å². The number of hydrogen-bond donors (Lipinski definition) is 2. The van der Waals surface area contributed by atoms with Gasteiger partial charge in [0.2, 0.25) is 0 Å². The molecular formula is C12H14BrNO3. The molecule has 2 rings (SSSR count). The van der Waals surface area contributed by atoms with Gasteiger partial charge >= 0.3 is 0 Å². The zero-order valence-corrected chi connectivity index (χ0v) is 10.8. The molecule has 0 saturated heterocycles. The van der Waals surface area contributed by atoms with Gasteiger partial charge in [-0.05, 0) is 37.1 Å². The topological polar surface area (TPSA) is 58.6 Å². The number of carbonyl (C=O) groups excluding carboxylic acids is 1. The zero-order chi connectivity index (χ0) is 12.3. The molecule has 1 aliphatic rings. The molecule has 0 bridgehead atoms. The van der Waals surface area contributed by atoms with E-state index in [-0.39, 0.29) is 24.7 Å². The van der Waals surface area contributed by atoms with Gasteiger partial charge in [0, 0.05) is 10.5 Å². The smallest absolute Gasteiger partial charge is 0.258 e. The van der Waals surface area contributed by atoms with E-state index in [1.165, 1.54) is 0 Å². The van der Waals surface area contributed by atoms with Gasteiger partial charge in [0.05, 0.1) is 6.10 Å². The van der Waals surface area contributed by atoms with E-state index in [0.717, 1.165) is 4.47 Å². The number of amides is 1. The van der Waals surface area contributed by atoms with Crippen LogP contribution in [0.2, 0.25) is 0 Å². The van der Waals surface area contributed by atoms with E-state index in [1.807, 2.05) is 12.1 Å². The molecule has 0 radical (unpaired) electrons. The van der Waals surface area contributed by atoms with Gasteiger partial charge in [-0.15, -0.1) is 0 Å². The Morgan fingerprint density at radius 2 is 2.06 bits per heavy atom. The van der Waals surface area contributed by atoms with Crippen LogP contribution in [0, 0.1) is 0 Å². The maximum Gasteiger partial charge on any atom is 0.258 e. The highest BCUT2D eigenvalue weighted by Crippen LogP contribution is 2.19. The second-order valence-electron chi connectivity index (χ2n) is 4.13. The molecule has 1 amide bonds.